The fraction of sp³-hybridized carbons (Fsp3) is 0.500. The predicted molar refractivity (Wildman–Crippen MR) is 43.8 cm³/mol. The van der Waals surface area contributed by atoms with Crippen LogP contribution in [0.3, 0.4) is 0 Å². The van der Waals surface area contributed by atoms with Crippen molar-refractivity contribution in [3.05, 3.63) is 18.3 Å². The second-order valence-electron chi connectivity index (χ2n) is 2.91. The normalized spacial score (nSPS) is 23.1. The van der Waals surface area contributed by atoms with Crippen LogP contribution in [0, 0.1) is 0 Å². The van der Waals surface area contributed by atoms with Crippen LogP contribution in [0.4, 0.5) is 10.2 Å². The number of anilines is 1. The third kappa shape index (κ3) is 1.37. The van der Waals surface area contributed by atoms with Gasteiger partial charge in [-0.3, -0.25) is 0 Å². The molecule has 1 aliphatic rings. The highest BCUT2D eigenvalue weighted by atomic mass is 19.1. The van der Waals surface area contributed by atoms with Crippen LogP contribution in [-0.2, 0) is 0 Å². The Kier molecular flexibility index (Phi) is 1.89. The average molecular weight is 167 g/mol. The first-order valence-electron chi connectivity index (χ1n) is 4.03. The molecule has 1 aliphatic heterocycles. The van der Waals surface area contributed by atoms with Gasteiger partial charge in [-0.15, -0.1) is 5.10 Å². The molecule has 12 heavy (non-hydrogen) atoms. The zero-order valence-corrected chi connectivity index (χ0v) is 6.65. The molecule has 0 unspecified atom stereocenters. The number of rotatable bonds is 1. The monoisotopic (exact) mass is 167 g/mol. The lowest BCUT2D eigenvalue weighted by molar-refractivity contribution is 0.364. The van der Waals surface area contributed by atoms with E-state index < -0.39 is 6.17 Å². The first-order valence-corrected chi connectivity index (χ1v) is 4.03. The van der Waals surface area contributed by atoms with Crippen molar-refractivity contribution >= 4 is 5.82 Å². The second-order valence-corrected chi connectivity index (χ2v) is 2.91. The lowest BCUT2D eigenvalue weighted by Crippen LogP contribution is -2.21. The maximum Gasteiger partial charge on any atom is 0.151 e. The zero-order valence-electron chi connectivity index (χ0n) is 6.65. The number of nitrogens with zero attached hydrogens (tertiary/aromatic N) is 3. The highest BCUT2D eigenvalue weighted by Crippen LogP contribution is 2.18. The largest absolute Gasteiger partial charge is 0.352 e. The fourth-order valence-electron chi connectivity index (χ4n) is 1.39. The Balaban J connectivity index is 2.11. The van der Waals surface area contributed by atoms with Gasteiger partial charge in [-0.2, -0.15) is 5.10 Å². The van der Waals surface area contributed by atoms with Gasteiger partial charge < -0.3 is 4.90 Å². The van der Waals surface area contributed by atoms with Crippen LogP contribution >= 0.6 is 0 Å². The highest BCUT2D eigenvalue weighted by molar-refractivity contribution is 5.37. The van der Waals surface area contributed by atoms with Gasteiger partial charge in [-0.25, -0.2) is 4.39 Å². The minimum absolute atomic E-state index is 0.457. The summed E-state index contributed by atoms with van der Waals surface area (Å²) in [4.78, 5) is 1.91. The van der Waals surface area contributed by atoms with E-state index in [1.54, 1.807) is 6.20 Å². The molecule has 2 rings (SSSR count). The molecule has 0 saturated carbocycles. The van der Waals surface area contributed by atoms with Gasteiger partial charge in [0.25, 0.3) is 0 Å². The quantitative estimate of drug-likeness (QED) is 0.625. The number of alkyl halides is 1. The van der Waals surface area contributed by atoms with Crippen molar-refractivity contribution in [1.82, 2.24) is 10.2 Å². The van der Waals surface area contributed by atoms with Crippen LogP contribution in [-0.4, -0.2) is 29.5 Å². The Morgan fingerprint density at radius 1 is 1.58 bits per heavy atom. The van der Waals surface area contributed by atoms with Gasteiger partial charge in [0.05, 0.1) is 6.54 Å². The van der Waals surface area contributed by atoms with E-state index in [0.29, 0.717) is 13.0 Å². The molecule has 0 aliphatic carbocycles. The van der Waals surface area contributed by atoms with Gasteiger partial charge in [0.15, 0.2) is 5.82 Å². The van der Waals surface area contributed by atoms with E-state index >= 15 is 0 Å². The van der Waals surface area contributed by atoms with Gasteiger partial charge >= 0.3 is 0 Å². The van der Waals surface area contributed by atoms with Crippen LogP contribution < -0.4 is 4.90 Å². The summed E-state index contributed by atoms with van der Waals surface area (Å²) < 4.78 is 12.8. The molecule has 1 aromatic rings. The minimum atomic E-state index is -0.702. The highest BCUT2D eigenvalue weighted by Gasteiger charge is 2.22. The molecule has 0 spiro atoms. The van der Waals surface area contributed by atoms with E-state index in [1.165, 1.54) is 0 Å². The summed E-state index contributed by atoms with van der Waals surface area (Å²) in [5, 5.41) is 7.64. The Hall–Kier alpha value is -1.19. The molecule has 2 heterocycles. The molecule has 0 aromatic carbocycles. The van der Waals surface area contributed by atoms with Crippen LogP contribution in [0.1, 0.15) is 6.42 Å². The van der Waals surface area contributed by atoms with E-state index in [0.717, 1.165) is 12.4 Å². The molecule has 1 saturated heterocycles. The van der Waals surface area contributed by atoms with E-state index in [9.17, 15) is 4.39 Å². The lowest BCUT2D eigenvalue weighted by atomic mass is 10.3. The van der Waals surface area contributed by atoms with Crippen molar-refractivity contribution in [1.29, 1.82) is 0 Å². The first kappa shape index (κ1) is 7.46. The van der Waals surface area contributed by atoms with E-state index in [2.05, 4.69) is 10.2 Å². The van der Waals surface area contributed by atoms with Gasteiger partial charge in [0, 0.05) is 12.7 Å². The lowest BCUT2D eigenvalue weighted by Gasteiger charge is -2.14. The van der Waals surface area contributed by atoms with Crippen molar-refractivity contribution < 1.29 is 4.39 Å². The van der Waals surface area contributed by atoms with Gasteiger partial charge in [-0.05, 0) is 18.6 Å². The molecule has 3 nitrogen and oxygen atoms in total. The van der Waals surface area contributed by atoms with Crippen LogP contribution in [0.2, 0.25) is 0 Å². The molecule has 1 atom stereocenters. The molecular weight excluding hydrogens is 157 g/mol. The van der Waals surface area contributed by atoms with Gasteiger partial charge in [0.1, 0.15) is 6.17 Å². The molecular formula is C8H10FN3. The number of hydrogen-bond acceptors (Lipinski definition) is 3. The minimum Gasteiger partial charge on any atom is -0.352 e. The smallest absolute Gasteiger partial charge is 0.151 e. The molecule has 1 aromatic heterocycles. The standard InChI is InChI=1S/C8H10FN3/c9-7-3-5-12(6-7)8-2-1-4-10-11-8/h1-2,4,7H,3,5-6H2/t7-/m1/s1. The molecule has 64 valence electrons. The van der Waals surface area contributed by atoms with Crippen molar-refractivity contribution in [2.45, 2.75) is 12.6 Å². The topological polar surface area (TPSA) is 29.0 Å². The second kappa shape index (κ2) is 3.05. The summed E-state index contributed by atoms with van der Waals surface area (Å²) in [7, 11) is 0. The van der Waals surface area contributed by atoms with Gasteiger partial charge in [0.2, 0.25) is 0 Å². The Bertz CT molecular complexity index is 252. The number of aromatic nitrogens is 2. The Morgan fingerprint density at radius 2 is 2.50 bits per heavy atom. The van der Waals surface area contributed by atoms with Crippen LogP contribution in [0.25, 0.3) is 0 Å². The SMILES string of the molecule is F[C@@H]1CCN(c2cccnn2)C1. The third-order valence-electron chi connectivity index (χ3n) is 2.01. The summed E-state index contributed by atoms with van der Waals surface area (Å²) in [5.74, 6) is 0.776. The molecule has 0 amide bonds. The summed E-state index contributed by atoms with van der Waals surface area (Å²) in [6.07, 6.45) is 1.52. The molecule has 0 N–H and O–H groups in total. The molecule has 0 radical (unpaired) electrons. The molecule has 1 fully saturated rings. The summed E-state index contributed by atoms with van der Waals surface area (Å²) in [6.45, 7) is 1.21. The Labute approximate surface area is 70.2 Å². The van der Waals surface area contributed by atoms with E-state index in [1.807, 2.05) is 17.0 Å². The van der Waals surface area contributed by atoms with E-state index in [-0.39, 0.29) is 0 Å². The maximum absolute atomic E-state index is 12.8. The van der Waals surface area contributed by atoms with Crippen LogP contribution in [0.5, 0.6) is 0 Å². The summed E-state index contributed by atoms with van der Waals surface area (Å²) >= 11 is 0. The van der Waals surface area contributed by atoms with Crippen molar-refractivity contribution in [2.75, 3.05) is 18.0 Å². The maximum atomic E-state index is 12.8. The fourth-order valence-corrected chi connectivity index (χ4v) is 1.39. The molecule has 0 bridgehead atoms. The third-order valence-corrected chi connectivity index (χ3v) is 2.01. The first-order chi connectivity index (χ1) is 5.86. The van der Waals surface area contributed by atoms with Crippen LogP contribution in [0.15, 0.2) is 18.3 Å². The van der Waals surface area contributed by atoms with E-state index in [4.69, 9.17) is 0 Å². The molecule has 4 heteroatoms. The van der Waals surface area contributed by atoms with Crippen molar-refractivity contribution in [3.63, 3.8) is 0 Å². The summed E-state index contributed by atoms with van der Waals surface area (Å²) in [6, 6.07) is 3.67. The Morgan fingerprint density at radius 3 is 3.08 bits per heavy atom. The average Bonchev–Trinajstić information content (AvgIpc) is 2.54. The summed E-state index contributed by atoms with van der Waals surface area (Å²) in [5.41, 5.74) is 0. The number of halogens is 1. The van der Waals surface area contributed by atoms with Crippen molar-refractivity contribution in [3.8, 4) is 0 Å². The number of hydrogen-bond donors (Lipinski definition) is 0. The van der Waals surface area contributed by atoms with Crippen molar-refractivity contribution in [2.24, 2.45) is 0 Å². The van der Waals surface area contributed by atoms with Gasteiger partial charge in [-0.1, -0.05) is 0 Å². The zero-order chi connectivity index (χ0) is 8.39. The predicted octanol–water partition coefficient (Wildman–Crippen LogP) is 1.02.